The van der Waals surface area contributed by atoms with Crippen LogP contribution in [0.4, 0.5) is 16.4 Å². The molecule has 0 unspecified atom stereocenters. The summed E-state index contributed by atoms with van der Waals surface area (Å²) in [5, 5.41) is 3.19. The number of nitrogens with one attached hydrogen (secondary N) is 1. The van der Waals surface area contributed by atoms with E-state index in [9.17, 15) is 4.79 Å². The van der Waals surface area contributed by atoms with Gasteiger partial charge >= 0.3 is 6.03 Å². The lowest BCUT2D eigenvalue weighted by Crippen LogP contribution is -2.51. The number of rotatable bonds is 2. The molecule has 0 radical (unpaired) electrons. The molecule has 1 N–H and O–H groups in total. The molecule has 0 saturated carbocycles. The largest absolute Gasteiger partial charge is 0.339 e. The van der Waals surface area contributed by atoms with Crippen molar-refractivity contribution in [2.45, 2.75) is 25.3 Å². The van der Waals surface area contributed by atoms with E-state index in [0.717, 1.165) is 50.5 Å². The van der Waals surface area contributed by atoms with Crippen LogP contribution in [0.5, 0.6) is 0 Å². The van der Waals surface area contributed by atoms with E-state index in [1.807, 2.05) is 29.2 Å². The lowest BCUT2D eigenvalue weighted by molar-refractivity contribution is 0.241. The van der Waals surface area contributed by atoms with Gasteiger partial charge in [-0.3, -0.25) is 4.90 Å². The molecule has 1 aromatic heterocycles. The third-order valence-corrected chi connectivity index (χ3v) is 4.72. The summed E-state index contributed by atoms with van der Waals surface area (Å²) < 4.78 is 0. The van der Waals surface area contributed by atoms with Crippen LogP contribution in [0.1, 0.15) is 18.4 Å². The van der Waals surface area contributed by atoms with Crippen molar-refractivity contribution in [1.29, 1.82) is 0 Å². The smallest absolute Gasteiger partial charge is 0.322 e. The van der Waals surface area contributed by atoms with Gasteiger partial charge in [-0.1, -0.05) is 18.2 Å². The fourth-order valence-electron chi connectivity index (χ4n) is 3.53. The van der Waals surface area contributed by atoms with Crippen LogP contribution < -0.4 is 15.1 Å². The molecule has 1 saturated heterocycles. The highest BCUT2D eigenvalue weighted by molar-refractivity contribution is 5.94. The zero-order valence-electron chi connectivity index (χ0n) is 13.6. The van der Waals surface area contributed by atoms with E-state index in [0.29, 0.717) is 0 Å². The second-order valence-corrected chi connectivity index (χ2v) is 6.31. The molecular weight excluding hydrogens is 302 g/mol. The molecule has 1 atom stereocenters. The van der Waals surface area contributed by atoms with E-state index >= 15 is 0 Å². The molecule has 0 spiro atoms. The first kappa shape index (κ1) is 14.9. The molecule has 24 heavy (non-hydrogen) atoms. The normalized spacial score (nSPS) is 19.9. The Balaban J connectivity index is 1.41. The molecule has 0 aliphatic carbocycles. The lowest BCUT2D eigenvalue weighted by atomic mass is 10.1. The van der Waals surface area contributed by atoms with E-state index in [1.54, 1.807) is 12.4 Å². The molecule has 2 aliphatic heterocycles. The highest BCUT2D eigenvalue weighted by atomic mass is 16.2. The Labute approximate surface area is 141 Å². The van der Waals surface area contributed by atoms with Gasteiger partial charge in [-0.15, -0.1) is 0 Å². The van der Waals surface area contributed by atoms with Gasteiger partial charge in [-0.25, -0.2) is 14.8 Å². The number of benzene rings is 1. The molecule has 4 rings (SSSR count). The number of nitrogens with zero attached hydrogens (tertiary/aromatic N) is 4. The van der Waals surface area contributed by atoms with E-state index in [4.69, 9.17) is 0 Å². The van der Waals surface area contributed by atoms with E-state index in [-0.39, 0.29) is 12.1 Å². The third kappa shape index (κ3) is 2.91. The van der Waals surface area contributed by atoms with Crippen molar-refractivity contribution in [3.8, 4) is 0 Å². The highest BCUT2D eigenvalue weighted by Gasteiger charge is 2.28. The highest BCUT2D eigenvalue weighted by Crippen LogP contribution is 2.27. The maximum Gasteiger partial charge on any atom is 0.322 e. The fourth-order valence-corrected chi connectivity index (χ4v) is 3.53. The monoisotopic (exact) mass is 323 g/mol. The molecular formula is C18H21N5O. The van der Waals surface area contributed by atoms with Crippen molar-refractivity contribution >= 4 is 17.7 Å². The van der Waals surface area contributed by atoms with Gasteiger partial charge in [0.2, 0.25) is 5.95 Å². The topological polar surface area (TPSA) is 61.4 Å². The Hall–Kier alpha value is -2.63. The molecule has 6 heteroatoms. The van der Waals surface area contributed by atoms with Crippen LogP contribution in [0.15, 0.2) is 42.7 Å². The van der Waals surface area contributed by atoms with Crippen molar-refractivity contribution in [2.24, 2.45) is 0 Å². The fraction of sp³-hybridized carbons (Fsp3) is 0.389. The number of hydrogen-bond donors (Lipinski definition) is 1. The molecule has 3 heterocycles. The Morgan fingerprint density at radius 3 is 2.83 bits per heavy atom. The maximum absolute atomic E-state index is 12.7. The number of urea groups is 1. The second-order valence-electron chi connectivity index (χ2n) is 6.31. The first-order chi connectivity index (χ1) is 11.8. The van der Waals surface area contributed by atoms with Gasteiger partial charge in [-0.05, 0) is 37.0 Å². The number of fused-ring (bicyclic) bond motifs is 1. The molecule has 2 aromatic rings. The minimum absolute atomic E-state index is 0.000722. The average Bonchev–Trinajstić information content (AvgIpc) is 3.07. The number of para-hydroxylation sites is 1. The predicted molar refractivity (Wildman–Crippen MR) is 93.3 cm³/mol. The Bertz CT molecular complexity index is 720. The summed E-state index contributed by atoms with van der Waals surface area (Å²) in [6, 6.07) is 10.1. The van der Waals surface area contributed by atoms with Gasteiger partial charge in [-0.2, -0.15) is 0 Å². The summed E-state index contributed by atoms with van der Waals surface area (Å²) in [5.74, 6) is 0.739. The summed E-state index contributed by atoms with van der Waals surface area (Å²) in [4.78, 5) is 25.3. The van der Waals surface area contributed by atoms with Crippen LogP contribution in [-0.4, -0.2) is 41.7 Å². The van der Waals surface area contributed by atoms with Gasteiger partial charge < -0.3 is 10.2 Å². The predicted octanol–water partition coefficient (Wildman–Crippen LogP) is 2.22. The van der Waals surface area contributed by atoms with Crippen LogP contribution in [0.3, 0.4) is 0 Å². The molecule has 124 valence electrons. The summed E-state index contributed by atoms with van der Waals surface area (Å²) in [6.07, 6.45) is 6.46. The van der Waals surface area contributed by atoms with Crippen molar-refractivity contribution in [3.63, 3.8) is 0 Å². The SMILES string of the molecule is O=C(N[C@H]1CCCN(c2ncccn2)C1)N1CCc2ccccc21. The van der Waals surface area contributed by atoms with Gasteiger partial charge in [0.25, 0.3) is 0 Å². The minimum atomic E-state index is 0.000722. The van der Waals surface area contributed by atoms with E-state index < -0.39 is 0 Å². The summed E-state index contributed by atoms with van der Waals surface area (Å²) in [7, 11) is 0. The molecule has 1 aromatic carbocycles. The zero-order chi connectivity index (χ0) is 16.4. The quantitative estimate of drug-likeness (QED) is 0.920. The lowest BCUT2D eigenvalue weighted by Gasteiger charge is -2.34. The molecule has 0 bridgehead atoms. The Kier molecular flexibility index (Phi) is 4.02. The maximum atomic E-state index is 12.7. The van der Waals surface area contributed by atoms with Crippen LogP contribution >= 0.6 is 0 Å². The Morgan fingerprint density at radius 1 is 1.12 bits per heavy atom. The first-order valence-corrected chi connectivity index (χ1v) is 8.49. The molecule has 2 amide bonds. The number of hydrogen-bond acceptors (Lipinski definition) is 4. The van der Waals surface area contributed by atoms with Crippen LogP contribution in [0.25, 0.3) is 0 Å². The van der Waals surface area contributed by atoms with E-state index in [2.05, 4.69) is 26.3 Å². The average molecular weight is 323 g/mol. The molecule has 2 aliphatic rings. The number of amides is 2. The standard InChI is InChI=1S/C18H21N5O/c24-18(23-12-8-14-5-1-2-7-16(14)23)21-15-6-3-11-22(13-15)17-19-9-4-10-20-17/h1-2,4-5,7,9-10,15H,3,6,8,11-13H2,(H,21,24)/t15-/m0/s1. The van der Waals surface area contributed by atoms with E-state index in [1.165, 1.54) is 5.56 Å². The van der Waals surface area contributed by atoms with Crippen molar-refractivity contribution < 1.29 is 4.79 Å². The minimum Gasteiger partial charge on any atom is -0.339 e. The summed E-state index contributed by atoms with van der Waals surface area (Å²) >= 11 is 0. The van der Waals surface area contributed by atoms with Gasteiger partial charge in [0.1, 0.15) is 0 Å². The van der Waals surface area contributed by atoms with Gasteiger partial charge in [0.05, 0.1) is 0 Å². The van der Waals surface area contributed by atoms with Crippen molar-refractivity contribution in [1.82, 2.24) is 15.3 Å². The third-order valence-electron chi connectivity index (χ3n) is 4.72. The van der Waals surface area contributed by atoms with Crippen molar-refractivity contribution in [2.75, 3.05) is 29.4 Å². The van der Waals surface area contributed by atoms with Crippen molar-refractivity contribution in [3.05, 3.63) is 48.3 Å². The van der Waals surface area contributed by atoms with Gasteiger partial charge in [0, 0.05) is 43.8 Å². The van der Waals surface area contributed by atoms with Crippen LogP contribution in [0.2, 0.25) is 0 Å². The molecule has 6 nitrogen and oxygen atoms in total. The number of aromatic nitrogens is 2. The number of anilines is 2. The van der Waals surface area contributed by atoms with Gasteiger partial charge in [0.15, 0.2) is 0 Å². The second kappa shape index (κ2) is 6.47. The van der Waals surface area contributed by atoms with Crippen LogP contribution in [-0.2, 0) is 6.42 Å². The number of piperidine rings is 1. The number of carbonyl (C=O) groups is 1. The first-order valence-electron chi connectivity index (χ1n) is 8.49. The summed E-state index contributed by atoms with van der Waals surface area (Å²) in [5.41, 5.74) is 2.28. The zero-order valence-corrected chi connectivity index (χ0v) is 13.6. The Morgan fingerprint density at radius 2 is 1.96 bits per heavy atom. The molecule has 1 fully saturated rings. The number of carbonyl (C=O) groups excluding carboxylic acids is 1. The summed E-state index contributed by atoms with van der Waals surface area (Å²) in [6.45, 7) is 2.44. The van der Waals surface area contributed by atoms with Crippen LogP contribution in [0, 0.1) is 0 Å².